The van der Waals surface area contributed by atoms with Crippen LogP contribution in [0.1, 0.15) is 18.4 Å². The van der Waals surface area contributed by atoms with Crippen LogP contribution in [0.2, 0.25) is 0 Å². The van der Waals surface area contributed by atoms with Crippen molar-refractivity contribution in [1.29, 1.82) is 0 Å². The first kappa shape index (κ1) is 18.4. The van der Waals surface area contributed by atoms with Crippen LogP contribution in [0, 0.1) is 6.92 Å². The maximum absolute atomic E-state index is 11.9. The van der Waals surface area contributed by atoms with Crippen molar-refractivity contribution in [2.24, 2.45) is 0 Å². The van der Waals surface area contributed by atoms with Crippen molar-refractivity contribution in [3.63, 3.8) is 0 Å². The number of alkyl halides is 3. The van der Waals surface area contributed by atoms with Crippen LogP contribution < -0.4 is 5.32 Å². The van der Waals surface area contributed by atoms with E-state index in [-0.39, 0.29) is 30.9 Å². The monoisotopic (exact) mass is 339 g/mol. The summed E-state index contributed by atoms with van der Waals surface area (Å²) >= 11 is 0. The second-order valence-corrected chi connectivity index (χ2v) is 6.17. The van der Waals surface area contributed by atoms with Crippen molar-refractivity contribution in [2.45, 2.75) is 30.8 Å². The summed E-state index contributed by atoms with van der Waals surface area (Å²) in [7, 11) is -3.87. The third kappa shape index (κ3) is 6.02. The third-order valence-electron chi connectivity index (χ3n) is 2.66. The summed E-state index contributed by atoms with van der Waals surface area (Å²) < 4.78 is 64.0. The smallest absolute Gasteiger partial charge is 0.348 e. The second-order valence-electron chi connectivity index (χ2n) is 4.55. The van der Waals surface area contributed by atoms with Gasteiger partial charge >= 0.3 is 12.1 Å². The molecule has 0 aliphatic heterocycles. The van der Waals surface area contributed by atoms with Crippen LogP contribution in [0.4, 0.5) is 13.2 Å². The molecule has 5 nitrogen and oxygen atoms in total. The molecule has 22 heavy (non-hydrogen) atoms. The summed E-state index contributed by atoms with van der Waals surface area (Å²) in [5.41, 5.74) is 0.902. The van der Waals surface area contributed by atoms with E-state index in [9.17, 15) is 26.4 Å². The van der Waals surface area contributed by atoms with Crippen molar-refractivity contribution in [3.05, 3.63) is 29.8 Å². The minimum atomic E-state index is -4.91. The summed E-state index contributed by atoms with van der Waals surface area (Å²) in [5.74, 6) is -2.01. The Morgan fingerprint density at radius 2 is 1.77 bits per heavy atom. The van der Waals surface area contributed by atoms with Gasteiger partial charge in [-0.1, -0.05) is 17.7 Å². The quantitative estimate of drug-likeness (QED) is 0.610. The molecule has 0 unspecified atom stereocenters. The molecule has 0 saturated heterocycles. The molecular weight excluding hydrogens is 323 g/mol. The minimum Gasteiger partial charge on any atom is -0.348 e. The summed E-state index contributed by atoms with van der Waals surface area (Å²) in [4.78, 5) is 10.5. The molecule has 1 amide bonds. The van der Waals surface area contributed by atoms with Crippen LogP contribution in [-0.4, -0.2) is 33.7 Å². The molecule has 0 aromatic heterocycles. The Balaban J connectivity index is 2.30. The topological polar surface area (TPSA) is 72.5 Å². The first-order valence-corrected chi connectivity index (χ1v) is 7.85. The van der Waals surface area contributed by atoms with E-state index < -0.39 is 22.2 Å². The first-order valence-electron chi connectivity index (χ1n) is 6.44. The molecule has 0 saturated carbocycles. The Hall–Kier alpha value is -1.61. The van der Waals surface area contributed by atoms with Gasteiger partial charge in [0.25, 0.3) is 10.1 Å². The van der Waals surface area contributed by atoms with Gasteiger partial charge in [0.2, 0.25) is 0 Å². The van der Waals surface area contributed by atoms with Gasteiger partial charge in [0.1, 0.15) is 0 Å². The fraction of sp³-hybridized carbons (Fsp3) is 0.462. The van der Waals surface area contributed by atoms with Gasteiger partial charge in [-0.15, -0.1) is 0 Å². The Labute approximate surface area is 126 Å². The Morgan fingerprint density at radius 1 is 1.18 bits per heavy atom. The fourth-order valence-corrected chi connectivity index (χ4v) is 2.41. The number of halogens is 3. The zero-order valence-corrected chi connectivity index (χ0v) is 12.6. The van der Waals surface area contributed by atoms with Crippen LogP contribution in [-0.2, 0) is 19.1 Å². The van der Waals surface area contributed by atoms with E-state index in [4.69, 9.17) is 4.18 Å². The lowest BCUT2D eigenvalue weighted by molar-refractivity contribution is -0.173. The highest BCUT2D eigenvalue weighted by atomic mass is 32.2. The number of amides is 1. The Bertz CT molecular complexity index is 597. The van der Waals surface area contributed by atoms with E-state index in [2.05, 4.69) is 0 Å². The van der Waals surface area contributed by atoms with Crippen LogP contribution in [0.5, 0.6) is 0 Å². The predicted octanol–water partition coefficient (Wildman–Crippen LogP) is 2.16. The normalized spacial score (nSPS) is 12.2. The van der Waals surface area contributed by atoms with Gasteiger partial charge in [-0.2, -0.15) is 21.6 Å². The highest BCUT2D eigenvalue weighted by Gasteiger charge is 2.38. The van der Waals surface area contributed by atoms with E-state index in [0.29, 0.717) is 0 Å². The average Bonchev–Trinajstić information content (AvgIpc) is 2.41. The van der Waals surface area contributed by atoms with E-state index >= 15 is 0 Å². The highest BCUT2D eigenvalue weighted by Crippen LogP contribution is 2.15. The zero-order valence-electron chi connectivity index (χ0n) is 11.8. The maximum Gasteiger partial charge on any atom is 0.471 e. The van der Waals surface area contributed by atoms with Crippen molar-refractivity contribution >= 4 is 16.0 Å². The molecule has 1 rings (SSSR count). The number of hydrogen-bond acceptors (Lipinski definition) is 4. The van der Waals surface area contributed by atoms with Gasteiger partial charge in [0.05, 0.1) is 11.5 Å². The third-order valence-corrected chi connectivity index (χ3v) is 3.99. The molecule has 0 spiro atoms. The number of nitrogens with one attached hydrogen (secondary N) is 1. The molecule has 1 aromatic rings. The Morgan fingerprint density at radius 3 is 2.32 bits per heavy atom. The van der Waals surface area contributed by atoms with Gasteiger partial charge in [-0.05, 0) is 31.9 Å². The summed E-state index contributed by atoms with van der Waals surface area (Å²) in [6, 6.07) is 6.08. The number of hydrogen-bond donors (Lipinski definition) is 1. The lowest BCUT2D eigenvalue weighted by Gasteiger charge is -2.08. The molecule has 0 aliphatic rings. The van der Waals surface area contributed by atoms with Gasteiger partial charge < -0.3 is 5.32 Å². The van der Waals surface area contributed by atoms with Gasteiger partial charge in [0, 0.05) is 6.54 Å². The largest absolute Gasteiger partial charge is 0.471 e. The van der Waals surface area contributed by atoms with E-state index in [1.807, 2.05) is 6.92 Å². The molecular formula is C13H16F3NO4S. The molecule has 0 bridgehead atoms. The minimum absolute atomic E-state index is 0.0171. The molecule has 0 fully saturated rings. The van der Waals surface area contributed by atoms with Crippen LogP contribution >= 0.6 is 0 Å². The predicted molar refractivity (Wildman–Crippen MR) is 72.6 cm³/mol. The van der Waals surface area contributed by atoms with E-state index in [0.717, 1.165) is 5.56 Å². The SMILES string of the molecule is Cc1ccc(S(=O)(=O)OCCCCNC(=O)C(F)(F)F)cc1. The van der Waals surface area contributed by atoms with Crippen molar-refractivity contribution in [3.8, 4) is 0 Å². The molecule has 1 N–H and O–H groups in total. The lowest BCUT2D eigenvalue weighted by Crippen LogP contribution is -2.37. The van der Waals surface area contributed by atoms with Gasteiger partial charge in [0.15, 0.2) is 0 Å². The van der Waals surface area contributed by atoms with Crippen LogP contribution in [0.25, 0.3) is 0 Å². The standard InChI is InChI=1S/C13H16F3NO4S/c1-10-4-6-11(7-5-10)22(19,20)21-9-3-2-8-17-12(18)13(14,15)16/h4-7H,2-3,8-9H2,1H3,(H,17,18). The van der Waals surface area contributed by atoms with Gasteiger partial charge in [-0.3, -0.25) is 8.98 Å². The average molecular weight is 339 g/mol. The number of unbranched alkanes of at least 4 members (excludes halogenated alkanes) is 1. The first-order chi connectivity index (χ1) is 10.1. The van der Waals surface area contributed by atoms with Crippen LogP contribution in [0.3, 0.4) is 0 Å². The summed E-state index contributed by atoms with van der Waals surface area (Å²) in [6.45, 7) is 1.44. The highest BCUT2D eigenvalue weighted by molar-refractivity contribution is 7.86. The zero-order chi connectivity index (χ0) is 16.8. The molecule has 0 atom stereocenters. The molecule has 0 heterocycles. The molecule has 0 radical (unpaired) electrons. The Kier molecular flexibility index (Phi) is 6.36. The summed E-state index contributed by atoms with van der Waals surface area (Å²) in [6.07, 6.45) is -4.54. The molecule has 124 valence electrons. The van der Waals surface area contributed by atoms with Crippen molar-refractivity contribution < 1.29 is 30.6 Å². The molecule has 1 aromatic carbocycles. The van der Waals surface area contributed by atoms with E-state index in [1.54, 1.807) is 17.4 Å². The molecule has 0 aliphatic carbocycles. The number of benzene rings is 1. The van der Waals surface area contributed by atoms with Crippen molar-refractivity contribution in [2.75, 3.05) is 13.2 Å². The summed E-state index contributed by atoms with van der Waals surface area (Å²) in [5, 5.41) is 1.69. The number of rotatable bonds is 7. The number of carbonyl (C=O) groups is 1. The lowest BCUT2D eigenvalue weighted by atomic mass is 10.2. The number of aryl methyl sites for hydroxylation is 1. The van der Waals surface area contributed by atoms with Crippen molar-refractivity contribution in [1.82, 2.24) is 5.32 Å². The fourth-order valence-electron chi connectivity index (χ4n) is 1.47. The van der Waals surface area contributed by atoms with Crippen LogP contribution in [0.15, 0.2) is 29.2 Å². The maximum atomic E-state index is 11.9. The van der Waals surface area contributed by atoms with Gasteiger partial charge in [-0.25, -0.2) is 0 Å². The second kappa shape index (κ2) is 7.59. The number of carbonyl (C=O) groups excluding carboxylic acids is 1. The van der Waals surface area contributed by atoms with E-state index in [1.165, 1.54) is 12.1 Å². The molecule has 9 heteroatoms.